The van der Waals surface area contributed by atoms with Crippen molar-refractivity contribution in [1.82, 2.24) is 0 Å². The van der Waals surface area contributed by atoms with Crippen LogP contribution in [0.4, 0.5) is 4.39 Å². The Morgan fingerprint density at radius 3 is 1.86 bits per heavy atom. The lowest BCUT2D eigenvalue weighted by Crippen LogP contribution is -2.03. The Bertz CT molecular complexity index is 761. The van der Waals surface area contributed by atoms with Gasteiger partial charge in [-0.15, -0.1) is 6.58 Å². The molecule has 1 rings (SSSR count). The van der Waals surface area contributed by atoms with Gasteiger partial charge in [0.25, 0.3) is 0 Å². The number of carbonyl (C=O) groups excluding carboxylic acids is 1. The number of hydrogen-bond acceptors (Lipinski definition) is 2. The highest BCUT2D eigenvalue weighted by Gasteiger charge is 2.08. The van der Waals surface area contributed by atoms with Crippen LogP contribution in [0, 0.1) is 5.82 Å². The SMILES string of the molecule is C=C(C)C.C=C/C=C(\C=C/C)C(/C)=C/C(C)=O.CCCC.CCCOC(CC)c1ccc(F)cc1. The lowest BCUT2D eigenvalue weighted by molar-refractivity contribution is -0.112. The minimum Gasteiger partial charge on any atom is -0.374 e. The van der Waals surface area contributed by atoms with E-state index in [0.717, 1.165) is 36.2 Å². The number of carbonyl (C=O) groups is 1. The predicted octanol–water partition coefficient (Wildman–Crippen LogP) is 10.3. The van der Waals surface area contributed by atoms with Crippen LogP contribution in [0.2, 0.25) is 0 Å². The van der Waals surface area contributed by atoms with Gasteiger partial charge >= 0.3 is 0 Å². The average molecular weight is 487 g/mol. The van der Waals surface area contributed by atoms with Crippen LogP contribution in [-0.2, 0) is 9.53 Å². The van der Waals surface area contributed by atoms with Gasteiger partial charge in [-0.1, -0.05) is 89.1 Å². The maximum atomic E-state index is 12.7. The van der Waals surface area contributed by atoms with Crippen molar-refractivity contribution in [1.29, 1.82) is 0 Å². The normalized spacial score (nSPS) is 11.7. The van der Waals surface area contributed by atoms with E-state index in [1.165, 1.54) is 30.5 Å². The monoisotopic (exact) mass is 486 g/mol. The highest BCUT2D eigenvalue weighted by Crippen LogP contribution is 2.21. The van der Waals surface area contributed by atoms with Crippen LogP contribution in [0.1, 0.15) is 99.7 Å². The number of unbranched alkanes of at least 4 members (excludes halogenated alkanes) is 1. The summed E-state index contributed by atoms with van der Waals surface area (Å²) < 4.78 is 18.3. The van der Waals surface area contributed by atoms with Gasteiger partial charge in [0, 0.05) is 6.61 Å². The van der Waals surface area contributed by atoms with Crippen molar-refractivity contribution in [2.45, 2.75) is 94.1 Å². The first-order chi connectivity index (χ1) is 16.5. The minimum absolute atomic E-state index is 0.0666. The third-order valence-electron chi connectivity index (χ3n) is 4.15. The van der Waals surface area contributed by atoms with Gasteiger partial charge in [-0.2, -0.15) is 0 Å². The quantitative estimate of drug-likeness (QED) is 0.187. The zero-order valence-electron chi connectivity index (χ0n) is 23.9. The molecule has 1 aromatic carbocycles. The second-order valence-corrected chi connectivity index (χ2v) is 8.32. The van der Waals surface area contributed by atoms with Crippen LogP contribution < -0.4 is 0 Å². The van der Waals surface area contributed by atoms with Gasteiger partial charge in [-0.3, -0.25) is 4.79 Å². The smallest absolute Gasteiger partial charge is 0.152 e. The van der Waals surface area contributed by atoms with Gasteiger partial charge in [0.2, 0.25) is 0 Å². The first kappa shape index (κ1) is 37.0. The molecule has 0 amide bonds. The maximum absolute atomic E-state index is 12.7. The molecule has 0 bridgehead atoms. The van der Waals surface area contributed by atoms with Gasteiger partial charge < -0.3 is 4.74 Å². The summed E-state index contributed by atoms with van der Waals surface area (Å²) in [6, 6.07) is 6.54. The van der Waals surface area contributed by atoms with Crippen LogP contribution in [0.5, 0.6) is 0 Å². The maximum Gasteiger partial charge on any atom is 0.152 e. The third kappa shape index (κ3) is 25.9. The molecule has 0 aliphatic heterocycles. The van der Waals surface area contributed by atoms with Gasteiger partial charge in [0.1, 0.15) is 5.82 Å². The summed E-state index contributed by atoms with van der Waals surface area (Å²) in [6.07, 6.45) is 13.8. The van der Waals surface area contributed by atoms with Gasteiger partial charge in [-0.25, -0.2) is 4.39 Å². The van der Waals surface area contributed by atoms with Crippen LogP contribution >= 0.6 is 0 Å². The number of hydrogen-bond donors (Lipinski definition) is 0. The molecule has 0 aliphatic carbocycles. The lowest BCUT2D eigenvalue weighted by atomic mass is 10.1. The molecule has 1 unspecified atom stereocenters. The fourth-order valence-corrected chi connectivity index (χ4v) is 2.40. The Morgan fingerprint density at radius 1 is 1.00 bits per heavy atom. The molecule has 0 aliphatic rings. The number of allylic oxidation sites excluding steroid dienone is 8. The van der Waals surface area contributed by atoms with E-state index in [4.69, 9.17) is 4.74 Å². The molecule has 1 atom stereocenters. The summed E-state index contributed by atoms with van der Waals surface area (Å²) in [5.41, 5.74) is 4.21. The van der Waals surface area contributed by atoms with Crippen LogP contribution in [0.15, 0.2) is 84.5 Å². The van der Waals surface area contributed by atoms with Crippen molar-refractivity contribution in [3.63, 3.8) is 0 Å². The van der Waals surface area contributed by atoms with E-state index in [1.54, 1.807) is 31.2 Å². The molecule has 0 saturated carbocycles. The van der Waals surface area contributed by atoms with Crippen molar-refractivity contribution in [2.75, 3.05) is 6.61 Å². The van der Waals surface area contributed by atoms with Crippen molar-refractivity contribution in [2.24, 2.45) is 0 Å². The van der Waals surface area contributed by atoms with E-state index in [2.05, 4.69) is 40.9 Å². The largest absolute Gasteiger partial charge is 0.374 e. The van der Waals surface area contributed by atoms with E-state index in [0.29, 0.717) is 0 Å². The van der Waals surface area contributed by atoms with Crippen molar-refractivity contribution in [3.05, 3.63) is 95.9 Å². The molecule has 35 heavy (non-hydrogen) atoms. The molecule has 0 aromatic heterocycles. The Balaban J connectivity index is -0.000000450. The second kappa shape index (κ2) is 26.1. The minimum atomic E-state index is -0.195. The summed E-state index contributed by atoms with van der Waals surface area (Å²) in [7, 11) is 0. The molecule has 0 fully saturated rings. The lowest BCUT2D eigenvalue weighted by Gasteiger charge is -2.15. The van der Waals surface area contributed by atoms with E-state index in [-0.39, 0.29) is 17.7 Å². The molecule has 0 N–H and O–H groups in total. The van der Waals surface area contributed by atoms with Crippen LogP contribution in [0.3, 0.4) is 0 Å². The molecule has 0 spiro atoms. The van der Waals surface area contributed by atoms with Gasteiger partial charge in [0.15, 0.2) is 5.78 Å². The number of ether oxygens (including phenoxy) is 1. The standard InChI is InChI=1S/C12H17FO.C12H16O.C4H8.C4H10/c1-3-9-14-12(4-2)10-5-7-11(13)8-6-10;1-5-7-12(8-6-2)10(3)9-11(4)13;1-4(2)3;1-3-4-2/h5-8,12H,3-4,9H2,1-2H3;5-9H,1H2,2-4H3;1H2,2-3H3;3-4H2,1-2H3/b;8-6-,10-9+,12-7+;;. The fraction of sp³-hybridized carbons (Fsp3) is 0.469. The number of rotatable bonds is 10. The van der Waals surface area contributed by atoms with Gasteiger partial charge in [-0.05, 0) is 82.4 Å². The summed E-state index contributed by atoms with van der Waals surface area (Å²) in [5, 5.41) is 0. The third-order valence-corrected chi connectivity index (χ3v) is 4.15. The van der Waals surface area contributed by atoms with Crippen molar-refractivity contribution < 1.29 is 13.9 Å². The van der Waals surface area contributed by atoms with E-state index in [9.17, 15) is 9.18 Å². The summed E-state index contributed by atoms with van der Waals surface area (Å²) in [5.74, 6) is -0.129. The molecule has 0 radical (unpaired) electrons. The number of benzene rings is 1. The Kier molecular flexibility index (Phi) is 27.6. The first-order valence-electron chi connectivity index (χ1n) is 12.7. The van der Waals surface area contributed by atoms with Crippen LogP contribution in [-0.4, -0.2) is 12.4 Å². The zero-order chi connectivity index (χ0) is 27.6. The number of ketones is 1. The van der Waals surface area contributed by atoms with E-state index < -0.39 is 0 Å². The van der Waals surface area contributed by atoms with Crippen molar-refractivity contribution >= 4 is 5.78 Å². The van der Waals surface area contributed by atoms with Crippen molar-refractivity contribution in [3.8, 4) is 0 Å². The Morgan fingerprint density at radius 2 is 1.51 bits per heavy atom. The van der Waals surface area contributed by atoms with Gasteiger partial charge in [0.05, 0.1) is 6.10 Å². The summed E-state index contributed by atoms with van der Waals surface area (Å²) in [6.45, 7) is 25.8. The molecule has 2 nitrogen and oxygen atoms in total. The molecule has 1 aromatic rings. The highest BCUT2D eigenvalue weighted by atomic mass is 19.1. The summed E-state index contributed by atoms with van der Waals surface area (Å²) >= 11 is 0. The second-order valence-electron chi connectivity index (χ2n) is 8.32. The van der Waals surface area contributed by atoms with Crippen LogP contribution in [0.25, 0.3) is 0 Å². The average Bonchev–Trinajstić information content (AvgIpc) is 2.80. The number of halogens is 1. The summed E-state index contributed by atoms with van der Waals surface area (Å²) in [4.78, 5) is 10.8. The molecule has 198 valence electrons. The molecule has 0 saturated heterocycles. The first-order valence-corrected chi connectivity index (χ1v) is 12.7. The van der Waals surface area contributed by atoms with E-state index in [1.807, 2.05) is 45.9 Å². The van der Waals surface area contributed by atoms with E-state index >= 15 is 0 Å². The highest BCUT2D eigenvalue weighted by molar-refractivity contribution is 5.88. The zero-order valence-corrected chi connectivity index (χ0v) is 23.9. The molecule has 3 heteroatoms. The predicted molar refractivity (Wildman–Crippen MR) is 154 cm³/mol. The Hall–Kier alpha value is -2.52. The topological polar surface area (TPSA) is 26.3 Å². The Labute approximate surface area is 216 Å². The fourth-order valence-electron chi connectivity index (χ4n) is 2.40. The molecular weight excluding hydrogens is 435 g/mol. The molecule has 0 heterocycles. The molecular formula is C32H51FO2.